The van der Waals surface area contributed by atoms with E-state index in [1.165, 1.54) is 4.90 Å². The fourth-order valence-electron chi connectivity index (χ4n) is 3.29. The SMILES string of the molecule is CN1C(=O)[C@@](O)(C#Cc2cccc(-c3nc(C(N)=O)c(N)s3)c2)[C@@H]2C=C[C@@H]21. The van der Waals surface area contributed by atoms with Crippen molar-refractivity contribution in [2.45, 2.75) is 11.6 Å². The smallest absolute Gasteiger partial charge is 0.270 e. The largest absolute Gasteiger partial charge is 0.389 e. The number of nitrogen functional groups attached to an aromatic ring is 1. The number of hydrogen-bond donors (Lipinski definition) is 3. The fraction of sp³-hybridized carbons (Fsp3) is 0.211. The van der Waals surface area contributed by atoms with Gasteiger partial charge in [-0.3, -0.25) is 9.59 Å². The molecular weight excluding hydrogens is 364 g/mol. The highest BCUT2D eigenvalue weighted by Crippen LogP contribution is 2.40. The number of benzene rings is 1. The molecule has 0 saturated carbocycles. The standard InChI is InChI=1S/C19H16N4O3S/c1-23-13-6-5-12(13)19(26,18(23)25)8-7-10-3-2-4-11(9-10)17-22-14(15(20)24)16(21)27-17/h2-6,9,12-13,26H,21H2,1H3,(H2,20,24)/t12-,13+,19-/m1/s1. The minimum absolute atomic E-state index is 0.0446. The van der Waals surface area contributed by atoms with Crippen LogP contribution < -0.4 is 11.5 Å². The first-order chi connectivity index (χ1) is 12.8. The Morgan fingerprint density at radius 1 is 1.41 bits per heavy atom. The number of anilines is 1. The van der Waals surface area contributed by atoms with Gasteiger partial charge in [0.05, 0.1) is 12.0 Å². The molecule has 2 heterocycles. The maximum atomic E-state index is 12.4. The van der Waals surface area contributed by atoms with Crippen molar-refractivity contribution < 1.29 is 14.7 Å². The number of hydrogen-bond acceptors (Lipinski definition) is 6. The van der Waals surface area contributed by atoms with Gasteiger partial charge < -0.3 is 21.5 Å². The number of aromatic nitrogens is 1. The van der Waals surface area contributed by atoms with E-state index in [-0.39, 0.29) is 22.7 Å². The molecule has 2 amide bonds. The molecule has 5 N–H and O–H groups in total. The Balaban J connectivity index is 1.66. The van der Waals surface area contributed by atoms with Crippen LogP contribution in [0.5, 0.6) is 0 Å². The van der Waals surface area contributed by atoms with Gasteiger partial charge in [0.2, 0.25) is 5.60 Å². The van der Waals surface area contributed by atoms with Gasteiger partial charge in [-0.15, -0.1) is 0 Å². The highest BCUT2D eigenvalue weighted by Gasteiger charge is 2.58. The van der Waals surface area contributed by atoms with Crippen LogP contribution >= 0.6 is 11.3 Å². The molecule has 2 aliphatic rings. The van der Waals surface area contributed by atoms with E-state index < -0.39 is 17.4 Å². The monoisotopic (exact) mass is 380 g/mol. The lowest BCUT2D eigenvalue weighted by atomic mass is 9.79. The van der Waals surface area contributed by atoms with E-state index in [4.69, 9.17) is 11.5 Å². The Morgan fingerprint density at radius 2 is 2.19 bits per heavy atom. The van der Waals surface area contributed by atoms with Crippen LogP contribution in [0.2, 0.25) is 0 Å². The quantitative estimate of drug-likeness (QED) is 0.520. The number of likely N-dealkylation sites (N-methyl/N-ethyl adjacent to an activating group) is 1. The molecule has 4 rings (SSSR count). The van der Waals surface area contributed by atoms with Gasteiger partial charge in [-0.05, 0) is 12.1 Å². The molecule has 7 nitrogen and oxygen atoms in total. The van der Waals surface area contributed by atoms with Crippen LogP contribution in [-0.4, -0.2) is 45.5 Å². The average Bonchev–Trinajstić information content (AvgIpc) is 3.05. The van der Waals surface area contributed by atoms with Crippen molar-refractivity contribution in [3.8, 4) is 22.4 Å². The van der Waals surface area contributed by atoms with Crippen molar-refractivity contribution in [1.29, 1.82) is 0 Å². The Hall–Kier alpha value is -3.15. The molecule has 27 heavy (non-hydrogen) atoms. The first kappa shape index (κ1) is 17.3. The van der Waals surface area contributed by atoms with Crippen LogP contribution in [0.4, 0.5) is 5.00 Å². The first-order valence-electron chi connectivity index (χ1n) is 8.19. The van der Waals surface area contributed by atoms with Crippen molar-refractivity contribution in [2.24, 2.45) is 11.7 Å². The van der Waals surface area contributed by atoms with Crippen molar-refractivity contribution in [2.75, 3.05) is 12.8 Å². The molecule has 8 heteroatoms. The summed E-state index contributed by atoms with van der Waals surface area (Å²) in [4.78, 5) is 29.4. The second-order valence-corrected chi connectivity index (χ2v) is 7.54. The topological polar surface area (TPSA) is 123 Å². The van der Waals surface area contributed by atoms with Gasteiger partial charge in [-0.2, -0.15) is 0 Å². The molecule has 1 fully saturated rings. The molecule has 0 unspecified atom stereocenters. The molecule has 136 valence electrons. The van der Waals surface area contributed by atoms with Gasteiger partial charge in [-0.1, -0.05) is 47.5 Å². The van der Waals surface area contributed by atoms with E-state index in [1.54, 1.807) is 31.3 Å². The van der Waals surface area contributed by atoms with Gasteiger partial charge >= 0.3 is 0 Å². The van der Waals surface area contributed by atoms with Crippen LogP contribution in [0.1, 0.15) is 16.1 Å². The highest BCUT2D eigenvalue weighted by molar-refractivity contribution is 7.19. The van der Waals surface area contributed by atoms with E-state index in [1.807, 2.05) is 12.1 Å². The number of rotatable bonds is 2. The van der Waals surface area contributed by atoms with Gasteiger partial charge in [0.1, 0.15) is 10.0 Å². The Morgan fingerprint density at radius 3 is 2.78 bits per heavy atom. The third-order valence-electron chi connectivity index (χ3n) is 4.85. The summed E-state index contributed by atoms with van der Waals surface area (Å²) in [7, 11) is 1.66. The molecule has 1 aliphatic heterocycles. The zero-order valence-corrected chi connectivity index (χ0v) is 15.2. The molecule has 1 saturated heterocycles. The highest BCUT2D eigenvalue weighted by atomic mass is 32.1. The lowest BCUT2D eigenvalue weighted by Gasteiger charge is -2.28. The van der Waals surface area contributed by atoms with Crippen LogP contribution in [0, 0.1) is 17.8 Å². The molecule has 1 aliphatic carbocycles. The summed E-state index contributed by atoms with van der Waals surface area (Å²) in [6.45, 7) is 0. The summed E-state index contributed by atoms with van der Waals surface area (Å²) in [6, 6.07) is 7.01. The number of aliphatic hydroxyl groups is 1. The van der Waals surface area contributed by atoms with E-state index in [2.05, 4.69) is 16.8 Å². The van der Waals surface area contributed by atoms with Gasteiger partial charge in [0.15, 0.2) is 5.69 Å². The van der Waals surface area contributed by atoms with E-state index in [0.29, 0.717) is 16.1 Å². The predicted octanol–water partition coefficient (Wildman–Crippen LogP) is 0.600. The number of amides is 2. The van der Waals surface area contributed by atoms with E-state index >= 15 is 0 Å². The first-order valence-corrected chi connectivity index (χ1v) is 9.00. The normalized spacial score (nSPS) is 25.6. The zero-order chi connectivity index (χ0) is 19.3. The third-order valence-corrected chi connectivity index (χ3v) is 5.79. The number of carbonyl (C=O) groups excluding carboxylic acids is 2. The second-order valence-electron chi connectivity index (χ2n) is 6.51. The zero-order valence-electron chi connectivity index (χ0n) is 14.3. The van der Waals surface area contributed by atoms with Crippen LogP contribution in [-0.2, 0) is 4.79 Å². The number of likely N-dealkylation sites (tertiary alicyclic amines) is 1. The molecule has 1 aromatic carbocycles. The van der Waals surface area contributed by atoms with Gasteiger partial charge in [0.25, 0.3) is 11.8 Å². The number of carbonyl (C=O) groups is 2. The number of nitrogens with two attached hydrogens (primary N) is 2. The average molecular weight is 380 g/mol. The van der Waals surface area contributed by atoms with Crippen molar-refractivity contribution in [3.05, 3.63) is 47.7 Å². The maximum absolute atomic E-state index is 12.4. The minimum Gasteiger partial charge on any atom is -0.389 e. The number of fused-ring (bicyclic) bond motifs is 1. The summed E-state index contributed by atoms with van der Waals surface area (Å²) >= 11 is 1.16. The Kier molecular flexibility index (Phi) is 3.80. The summed E-state index contributed by atoms with van der Waals surface area (Å²) in [6.07, 6.45) is 3.69. The molecule has 1 aromatic heterocycles. The molecule has 0 bridgehead atoms. The van der Waals surface area contributed by atoms with Crippen LogP contribution in [0.15, 0.2) is 36.4 Å². The predicted molar refractivity (Wildman–Crippen MR) is 101 cm³/mol. The summed E-state index contributed by atoms with van der Waals surface area (Å²) < 4.78 is 0. The molecule has 0 spiro atoms. The van der Waals surface area contributed by atoms with Crippen LogP contribution in [0.25, 0.3) is 10.6 Å². The lowest BCUT2D eigenvalue weighted by Crippen LogP contribution is -2.42. The third kappa shape index (κ3) is 2.60. The molecule has 3 atom stereocenters. The fourth-order valence-corrected chi connectivity index (χ4v) is 4.12. The Bertz CT molecular complexity index is 1060. The lowest BCUT2D eigenvalue weighted by molar-refractivity contribution is -0.138. The number of primary amides is 1. The number of nitrogens with zero attached hydrogens (tertiary/aromatic N) is 2. The van der Waals surface area contributed by atoms with E-state index in [0.717, 1.165) is 11.3 Å². The molecular formula is C19H16N4O3S. The summed E-state index contributed by atoms with van der Waals surface area (Å²) in [5, 5.41) is 11.6. The molecule has 2 aromatic rings. The minimum atomic E-state index is -1.71. The number of thiazole rings is 1. The summed E-state index contributed by atoms with van der Waals surface area (Å²) in [5.74, 6) is 4.24. The maximum Gasteiger partial charge on any atom is 0.270 e. The Labute approximate surface area is 159 Å². The van der Waals surface area contributed by atoms with Crippen LogP contribution in [0.3, 0.4) is 0 Å². The second kappa shape index (κ2) is 5.94. The van der Waals surface area contributed by atoms with Crippen molar-refractivity contribution >= 4 is 28.2 Å². The van der Waals surface area contributed by atoms with Gasteiger partial charge in [-0.25, -0.2) is 4.98 Å². The van der Waals surface area contributed by atoms with E-state index in [9.17, 15) is 14.7 Å². The summed E-state index contributed by atoms with van der Waals surface area (Å²) in [5.41, 5.74) is 10.7. The van der Waals surface area contributed by atoms with Gasteiger partial charge in [0, 0.05) is 18.2 Å². The van der Waals surface area contributed by atoms with Crippen molar-refractivity contribution in [3.63, 3.8) is 0 Å². The van der Waals surface area contributed by atoms with Crippen molar-refractivity contribution in [1.82, 2.24) is 9.88 Å². The molecule has 0 radical (unpaired) electrons.